The molecule has 0 N–H and O–H groups in total. The molecule has 2 rings (SSSR count). The molecule has 1 amide bonds. The summed E-state index contributed by atoms with van der Waals surface area (Å²) < 4.78 is 10.8. The zero-order valence-electron chi connectivity index (χ0n) is 15.9. The highest BCUT2D eigenvalue weighted by molar-refractivity contribution is 5.99. The average molecular weight is 358 g/mol. The van der Waals surface area contributed by atoms with Gasteiger partial charge in [-0.25, -0.2) is 4.79 Å². The lowest BCUT2D eigenvalue weighted by Crippen LogP contribution is -2.40. The molecule has 1 aliphatic rings. The van der Waals surface area contributed by atoms with Gasteiger partial charge in [0.2, 0.25) is 0 Å². The van der Waals surface area contributed by atoms with E-state index in [-0.39, 0.29) is 24.3 Å². The van der Waals surface area contributed by atoms with Crippen LogP contribution < -0.4 is 4.74 Å². The summed E-state index contributed by atoms with van der Waals surface area (Å²) in [7, 11) is 1.50. The molecule has 0 radical (unpaired) electrons. The van der Waals surface area contributed by atoms with Gasteiger partial charge in [-0.05, 0) is 57.7 Å². The van der Waals surface area contributed by atoms with Gasteiger partial charge in [-0.1, -0.05) is 6.07 Å². The number of benzene rings is 1. The van der Waals surface area contributed by atoms with Crippen molar-refractivity contribution in [1.29, 1.82) is 5.26 Å². The Morgan fingerprint density at radius 3 is 2.69 bits per heavy atom. The fourth-order valence-corrected chi connectivity index (χ4v) is 3.14. The monoisotopic (exact) mass is 358 g/mol. The van der Waals surface area contributed by atoms with Gasteiger partial charge < -0.3 is 14.4 Å². The lowest BCUT2D eigenvalue weighted by atomic mass is 9.99. The predicted molar refractivity (Wildman–Crippen MR) is 97.2 cm³/mol. The van der Waals surface area contributed by atoms with Crippen LogP contribution in [-0.2, 0) is 11.2 Å². The molecule has 0 saturated carbocycles. The van der Waals surface area contributed by atoms with Crippen molar-refractivity contribution in [2.75, 3.05) is 13.7 Å². The minimum atomic E-state index is -0.518. The molecule has 26 heavy (non-hydrogen) atoms. The Kier molecular flexibility index (Phi) is 6.25. The van der Waals surface area contributed by atoms with Crippen LogP contribution in [-0.4, -0.2) is 42.1 Å². The van der Waals surface area contributed by atoms with E-state index in [9.17, 15) is 9.59 Å². The first kappa shape index (κ1) is 19.8. The van der Waals surface area contributed by atoms with E-state index < -0.39 is 5.60 Å². The Bertz CT molecular complexity index is 716. The largest absolute Gasteiger partial charge is 0.496 e. The van der Waals surface area contributed by atoms with E-state index in [0.717, 1.165) is 18.4 Å². The van der Waals surface area contributed by atoms with Crippen molar-refractivity contribution in [1.82, 2.24) is 4.90 Å². The summed E-state index contributed by atoms with van der Waals surface area (Å²) >= 11 is 0. The van der Waals surface area contributed by atoms with E-state index >= 15 is 0 Å². The van der Waals surface area contributed by atoms with Gasteiger partial charge in [0.05, 0.1) is 25.2 Å². The van der Waals surface area contributed by atoms with Crippen LogP contribution in [0.25, 0.3) is 0 Å². The van der Waals surface area contributed by atoms with Gasteiger partial charge in [0.15, 0.2) is 5.78 Å². The van der Waals surface area contributed by atoms with E-state index in [0.29, 0.717) is 24.3 Å². The molecule has 0 spiro atoms. The molecule has 1 aromatic rings. The number of rotatable bonds is 5. The molecule has 1 aliphatic heterocycles. The number of hydrogen-bond acceptors (Lipinski definition) is 5. The number of methoxy groups -OCH3 is 1. The molecule has 6 nitrogen and oxygen atoms in total. The van der Waals surface area contributed by atoms with Crippen molar-refractivity contribution >= 4 is 11.9 Å². The molecule has 6 heteroatoms. The number of ether oxygens (including phenoxy) is 2. The van der Waals surface area contributed by atoms with E-state index in [1.54, 1.807) is 11.0 Å². The van der Waals surface area contributed by atoms with Gasteiger partial charge in [-0.15, -0.1) is 0 Å². The van der Waals surface area contributed by atoms with Gasteiger partial charge in [0, 0.05) is 12.6 Å². The fourth-order valence-electron chi connectivity index (χ4n) is 3.14. The number of nitriles is 1. The summed E-state index contributed by atoms with van der Waals surface area (Å²) in [6.07, 6.45) is 2.07. The molecule has 1 unspecified atom stereocenters. The predicted octanol–water partition coefficient (Wildman–Crippen LogP) is 3.73. The van der Waals surface area contributed by atoms with E-state index in [4.69, 9.17) is 14.7 Å². The first-order valence-corrected chi connectivity index (χ1v) is 8.82. The van der Waals surface area contributed by atoms with Crippen molar-refractivity contribution in [2.24, 2.45) is 0 Å². The quantitative estimate of drug-likeness (QED) is 0.749. The maximum absolute atomic E-state index is 12.4. The standard InChI is InChI=1S/C20H26N2O4/c1-20(2,3)26-19(24)22-11-5-6-15(22)12-14-7-8-16(17(23)9-10-21)18(13-14)25-4/h7-8,13,15H,5-6,9,11-12H2,1-4H3. The minimum Gasteiger partial charge on any atom is -0.496 e. The summed E-state index contributed by atoms with van der Waals surface area (Å²) in [5.74, 6) is 0.205. The van der Waals surface area contributed by atoms with Gasteiger partial charge in [-0.3, -0.25) is 4.79 Å². The Balaban J connectivity index is 2.13. The second-order valence-corrected chi connectivity index (χ2v) is 7.47. The summed E-state index contributed by atoms with van der Waals surface area (Å²) in [6.45, 7) is 6.27. The van der Waals surface area contributed by atoms with Crippen LogP contribution in [0.3, 0.4) is 0 Å². The molecule has 1 saturated heterocycles. The highest BCUT2D eigenvalue weighted by Gasteiger charge is 2.32. The second-order valence-electron chi connectivity index (χ2n) is 7.47. The van der Waals surface area contributed by atoms with E-state index in [1.165, 1.54) is 7.11 Å². The van der Waals surface area contributed by atoms with Crippen molar-refractivity contribution in [3.63, 3.8) is 0 Å². The van der Waals surface area contributed by atoms with Gasteiger partial charge in [0.1, 0.15) is 11.4 Å². The number of hydrogen-bond donors (Lipinski definition) is 0. The normalized spacial score (nSPS) is 16.9. The van der Waals surface area contributed by atoms with Crippen molar-refractivity contribution in [3.05, 3.63) is 29.3 Å². The zero-order valence-corrected chi connectivity index (χ0v) is 15.9. The maximum atomic E-state index is 12.4. The van der Waals surface area contributed by atoms with Crippen molar-refractivity contribution in [3.8, 4) is 11.8 Å². The van der Waals surface area contributed by atoms with Crippen LogP contribution in [0.15, 0.2) is 18.2 Å². The number of nitrogens with zero attached hydrogens (tertiary/aromatic N) is 2. The Morgan fingerprint density at radius 1 is 1.35 bits per heavy atom. The maximum Gasteiger partial charge on any atom is 0.410 e. The Labute approximate surface area is 154 Å². The molecule has 0 bridgehead atoms. The van der Waals surface area contributed by atoms with Crippen LogP contribution in [0.2, 0.25) is 0 Å². The van der Waals surface area contributed by atoms with Crippen molar-refractivity contribution in [2.45, 2.75) is 58.1 Å². The third-order valence-electron chi connectivity index (χ3n) is 4.28. The van der Waals surface area contributed by atoms with Crippen LogP contribution in [0.4, 0.5) is 4.79 Å². The molecular weight excluding hydrogens is 332 g/mol. The summed E-state index contributed by atoms with van der Waals surface area (Å²) in [5, 5.41) is 8.71. The lowest BCUT2D eigenvalue weighted by Gasteiger charge is -2.28. The first-order chi connectivity index (χ1) is 12.2. The number of Topliss-reactive ketones (excluding diaryl/α,β-unsaturated/α-hetero) is 1. The van der Waals surface area contributed by atoms with Crippen LogP contribution in [0.1, 0.15) is 56.0 Å². The minimum absolute atomic E-state index is 0.0650. The number of carbonyl (C=O) groups is 2. The van der Waals surface area contributed by atoms with Crippen LogP contribution >= 0.6 is 0 Å². The van der Waals surface area contributed by atoms with Crippen molar-refractivity contribution < 1.29 is 19.1 Å². The topological polar surface area (TPSA) is 79.6 Å². The van der Waals surface area contributed by atoms with Gasteiger partial charge in [0.25, 0.3) is 0 Å². The first-order valence-electron chi connectivity index (χ1n) is 8.82. The van der Waals surface area contributed by atoms with Gasteiger partial charge in [-0.2, -0.15) is 5.26 Å². The van der Waals surface area contributed by atoms with Gasteiger partial charge >= 0.3 is 6.09 Å². The fraction of sp³-hybridized carbons (Fsp3) is 0.550. The lowest BCUT2D eigenvalue weighted by molar-refractivity contribution is 0.0226. The molecule has 0 aromatic heterocycles. The molecular formula is C20H26N2O4. The third-order valence-corrected chi connectivity index (χ3v) is 4.28. The molecule has 1 aromatic carbocycles. The molecule has 0 aliphatic carbocycles. The summed E-state index contributed by atoms with van der Waals surface area (Å²) in [6, 6.07) is 7.30. The average Bonchev–Trinajstić information content (AvgIpc) is 3.01. The van der Waals surface area contributed by atoms with E-state index in [2.05, 4.69) is 0 Å². The highest BCUT2D eigenvalue weighted by atomic mass is 16.6. The summed E-state index contributed by atoms with van der Waals surface area (Å²) in [5.41, 5.74) is 0.875. The number of amides is 1. The molecule has 1 heterocycles. The van der Waals surface area contributed by atoms with E-state index in [1.807, 2.05) is 39.0 Å². The SMILES string of the molecule is COc1cc(CC2CCCN2C(=O)OC(C)(C)C)ccc1C(=O)CC#N. The number of likely N-dealkylation sites (tertiary alicyclic amines) is 1. The number of ketones is 1. The smallest absolute Gasteiger partial charge is 0.410 e. The molecule has 1 atom stereocenters. The highest BCUT2D eigenvalue weighted by Crippen LogP contribution is 2.27. The molecule has 1 fully saturated rings. The Morgan fingerprint density at radius 2 is 2.08 bits per heavy atom. The molecule has 140 valence electrons. The zero-order chi connectivity index (χ0) is 19.3. The second kappa shape index (κ2) is 8.22. The Hall–Kier alpha value is -2.55. The summed E-state index contributed by atoms with van der Waals surface area (Å²) in [4.78, 5) is 26.2. The number of carbonyl (C=O) groups excluding carboxylic acids is 2. The third kappa shape index (κ3) is 4.98. The van der Waals surface area contributed by atoms with Crippen LogP contribution in [0, 0.1) is 11.3 Å². The van der Waals surface area contributed by atoms with Crippen LogP contribution in [0.5, 0.6) is 5.75 Å².